The van der Waals surface area contributed by atoms with Gasteiger partial charge in [-0.25, -0.2) is 9.80 Å². The summed E-state index contributed by atoms with van der Waals surface area (Å²) in [5.74, 6) is 0.453. The van der Waals surface area contributed by atoms with Gasteiger partial charge in [0.25, 0.3) is 0 Å². The summed E-state index contributed by atoms with van der Waals surface area (Å²) in [6.07, 6.45) is -0.530. The van der Waals surface area contributed by atoms with Gasteiger partial charge in [0.1, 0.15) is 5.75 Å². The van der Waals surface area contributed by atoms with Gasteiger partial charge in [-0.1, -0.05) is 11.6 Å². The molecule has 0 spiro atoms. The molecule has 0 fully saturated rings. The predicted molar refractivity (Wildman–Crippen MR) is 54.3 cm³/mol. The smallest absolute Gasteiger partial charge is 0.409 e. The number of halogens is 1. The molecule has 0 radical (unpaired) electrons. The molecule has 1 amide bonds. The maximum atomic E-state index is 11.1. The van der Waals surface area contributed by atoms with E-state index in [1.165, 1.54) is 5.01 Å². The highest BCUT2D eigenvalue weighted by Gasteiger charge is 2.03. The van der Waals surface area contributed by atoms with Crippen molar-refractivity contribution in [2.24, 2.45) is 0 Å². The van der Waals surface area contributed by atoms with Gasteiger partial charge in [-0.05, 0) is 24.3 Å². The molecule has 0 saturated carbocycles. The van der Waals surface area contributed by atoms with Gasteiger partial charge in [-0.3, -0.25) is 5.43 Å². The minimum absolute atomic E-state index is 0.453. The van der Waals surface area contributed by atoms with Crippen LogP contribution in [-0.2, 0) is 0 Å². The first-order chi connectivity index (χ1) is 6.58. The monoisotopic (exact) mass is 214 g/mol. The Morgan fingerprint density at radius 1 is 1.36 bits per heavy atom. The summed E-state index contributed by atoms with van der Waals surface area (Å²) >= 11 is 5.67. The second-order valence-electron chi connectivity index (χ2n) is 2.85. The van der Waals surface area contributed by atoms with Crippen molar-refractivity contribution in [3.8, 4) is 5.75 Å². The standard InChI is InChI=1S/C9H11ClN2O2/c1-12(2)11-9(13)14-8-5-3-7(10)4-6-8/h3-6H,1-2H3,(H,11,13). The Morgan fingerprint density at radius 2 is 1.93 bits per heavy atom. The zero-order chi connectivity index (χ0) is 10.6. The average Bonchev–Trinajstić information content (AvgIpc) is 2.07. The van der Waals surface area contributed by atoms with E-state index in [9.17, 15) is 4.79 Å². The molecule has 1 aromatic rings. The Kier molecular flexibility index (Phi) is 3.73. The van der Waals surface area contributed by atoms with Crippen LogP contribution in [0.1, 0.15) is 0 Å². The lowest BCUT2D eigenvalue weighted by atomic mass is 10.3. The molecule has 0 aliphatic heterocycles. The van der Waals surface area contributed by atoms with Crippen LogP contribution in [0.3, 0.4) is 0 Å². The number of nitrogens with one attached hydrogen (secondary N) is 1. The third kappa shape index (κ3) is 3.64. The molecular formula is C9H11ClN2O2. The van der Waals surface area contributed by atoms with Crippen LogP contribution in [0.2, 0.25) is 5.02 Å². The van der Waals surface area contributed by atoms with Gasteiger partial charge in [0, 0.05) is 19.1 Å². The quantitative estimate of drug-likeness (QED) is 0.765. The van der Waals surface area contributed by atoms with E-state index in [1.807, 2.05) is 0 Å². The van der Waals surface area contributed by atoms with Crippen LogP contribution in [0.4, 0.5) is 4.79 Å². The highest BCUT2D eigenvalue weighted by molar-refractivity contribution is 6.30. The first-order valence-corrected chi connectivity index (χ1v) is 4.37. The molecule has 0 aromatic heterocycles. The molecule has 76 valence electrons. The third-order valence-electron chi connectivity index (χ3n) is 1.34. The molecular weight excluding hydrogens is 204 g/mol. The molecule has 14 heavy (non-hydrogen) atoms. The summed E-state index contributed by atoms with van der Waals surface area (Å²) in [6.45, 7) is 0. The van der Waals surface area contributed by atoms with Crippen LogP contribution in [0.25, 0.3) is 0 Å². The Hall–Kier alpha value is -1.26. The summed E-state index contributed by atoms with van der Waals surface area (Å²) in [7, 11) is 3.40. The maximum Gasteiger partial charge on any atom is 0.427 e. The fourth-order valence-electron chi connectivity index (χ4n) is 0.815. The van der Waals surface area contributed by atoms with E-state index in [4.69, 9.17) is 16.3 Å². The Morgan fingerprint density at radius 3 is 2.43 bits per heavy atom. The molecule has 0 heterocycles. The van der Waals surface area contributed by atoms with Gasteiger partial charge in [-0.2, -0.15) is 0 Å². The van der Waals surface area contributed by atoms with Crippen LogP contribution >= 0.6 is 11.6 Å². The van der Waals surface area contributed by atoms with Crippen LogP contribution in [-0.4, -0.2) is 25.2 Å². The molecule has 0 saturated heterocycles. The molecule has 4 nitrogen and oxygen atoms in total. The van der Waals surface area contributed by atoms with Gasteiger partial charge >= 0.3 is 6.09 Å². The number of amides is 1. The molecule has 1 rings (SSSR count). The fourth-order valence-corrected chi connectivity index (χ4v) is 0.941. The van der Waals surface area contributed by atoms with Crippen LogP contribution in [0.15, 0.2) is 24.3 Å². The third-order valence-corrected chi connectivity index (χ3v) is 1.59. The van der Waals surface area contributed by atoms with Crippen LogP contribution in [0.5, 0.6) is 5.75 Å². The van der Waals surface area contributed by atoms with Crippen molar-refractivity contribution in [1.82, 2.24) is 10.4 Å². The topological polar surface area (TPSA) is 41.6 Å². The van der Waals surface area contributed by atoms with E-state index >= 15 is 0 Å². The van der Waals surface area contributed by atoms with E-state index in [-0.39, 0.29) is 0 Å². The minimum atomic E-state index is -0.530. The van der Waals surface area contributed by atoms with Crippen molar-refractivity contribution in [3.63, 3.8) is 0 Å². The summed E-state index contributed by atoms with van der Waals surface area (Å²) < 4.78 is 4.93. The summed E-state index contributed by atoms with van der Waals surface area (Å²) in [4.78, 5) is 11.1. The number of hydrogen-bond donors (Lipinski definition) is 1. The van der Waals surface area contributed by atoms with Gasteiger partial charge in [-0.15, -0.1) is 0 Å². The van der Waals surface area contributed by atoms with Crippen molar-refractivity contribution >= 4 is 17.7 Å². The lowest BCUT2D eigenvalue weighted by molar-refractivity contribution is 0.171. The molecule has 0 unspecified atom stereocenters. The maximum absolute atomic E-state index is 11.1. The van der Waals surface area contributed by atoms with Gasteiger partial charge in [0.15, 0.2) is 0 Å². The van der Waals surface area contributed by atoms with E-state index in [2.05, 4.69) is 5.43 Å². The first kappa shape index (κ1) is 10.8. The van der Waals surface area contributed by atoms with Crippen molar-refractivity contribution in [3.05, 3.63) is 29.3 Å². The highest BCUT2D eigenvalue weighted by Crippen LogP contribution is 2.15. The van der Waals surface area contributed by atoms with Gasteiger partial charge in [0.2, 0.25) is 0 Å². The second kappa shape index (κ2) is 4.83. The van der Waals surface area contributed by atoms with Crippen molar-refractivity contribution in [2.45, 2.75) is 0 Å². The fraction of sp³-hybridized carbons (Fsp3) is 0.222. The zero-order valence-electron chi connectivity index (χ0n) is 7.95. The predicted octanol–water partition coefficient (Wildman–Crippen LogP) is 1.91. The Bertz CT molecular complexity index is 311. The first-order valence-electron chi connectivity index (χ1n) is 3.99. The van der Waals surface area contributed by atoms with E-state index in [0.29, 0.717) is 10.8 Å². The largest absolute Gasteiger partial charge is 0.427 e. The van der Waals surface area contributed by atoms with Gasteiger partial charge < -0.3 is 4.74 Å². The lowest BCUT2D eigenvalue weighted by Gasteiger charge is -2.11. The molecule has 5 heteroatoms. The molecule has 0 bridgehead atoms. The number of carbonyl (C=O) groups excluding carboxylic acids is 1. The van der Waals surface area contributed by atoms with Crippen molar-refractivity contribution < 1.29 is 9.53 Å². The molecule has 0 aliphatic carbocycles. The van der Waals surface area contributed by atoms with Crippen molar-refractivity contribution in [1.29, 1.82) is 0 Å². The summed E-state index contributed by atoms with van der Waals surface area (Å²) in [6, 6.07) is 6.55. The second-order valence-corrected chi connectivity index (χ2v) is 3.29. The van der Waals surface area contributed by atoms with Crippen LogP contribution in [0, 0.1) is 0 Å². The number of rotatable bonds is 2. The van der Waals surface area contributed by atoms with E-state index in [1.54, 1.807) is 38.4 Å². The summed E-state index contributed by atoms with van der Waals surface area (Å²) in [5, 5.41) is 2.10. The number of hydrogen-bond acceptors (Lipinski definition) is 3. The zero-order valence-corrected chi connectivity index (χ0v) is 8.71. The Labute approximate surface area is 87.4 Å². The molecule has 0 atom stereocenters. The molecule has 1 aromatic carbocycles. The van der Waals surface area contributed by atoms with Crippen molar-refractivity contribution in [2.75, 3.05) is 14.1 Å². The number of benzene rings is 1. The Balaban J connectivity index is 2.52. The number of carbonyl (C=O) groups is 1. The lowest BCUT2D eigenvalue weighted by Crippen LogP contribution is -2.38. The molecule has 0 aliphatic rings. The normalized spacial score (nSPS) is 10.0. The minimum Gasteiger partial charge on any atom is -0.409 e. The highest BCUT2D eigenvalue weighted by atomic mass is 35.5. The van der Waals surface area contributed by atoms with Crippen LogP contribution < -0.4 is 10.2 Å². The van der Waals surface area contributed by atoms with E-state index < -0.39 is 6.09 Å². The average molecular weight is 215 g/mol. The SMILES string of the molecule is CN(C)NC(=O)Oc1ccc(Cl)cc1. The summed E-state index contributed by atoms with van der Waals surface area (Å²) in [5.41, 5.74) is 2.45. The number of nitrogens with zero attached hydrogens (tertiary/aromatic N) is 1. The van der Waals surface area contributed by atoms with E-state index in [0.717, 1.165) is 0 Å². The number of hydrazine groups is 1. The molecule has 1 N–H and O–H groups in total. The van der Waals surface area contributed by atoms with Gasteiger partial charge in [0.05, 0.1) is 0 Å². The number of ether oxygens (including phenoxy) is 1.